The van der Waals surface area contributed by atoms with Crippen LogP contribution in [0.5, 0.6) is 0 Å². The van der Waals surface area contributed by atoms with Gasteiger partial charge in [0.25, 0.3) is 0 Å². The highest BCUT2D eigenvalue weighted by Gasteiger charge is 2.28. The summed E-state index contributed by atoms with van der Waals surface area (Å²) in [5.41, 5.74) is 5.41. The van der Waals surface area contributed by atoms with Gasteiger partial charge in [0.15, 0.2) is 0 Å². The molecule has 146 valence electrons. The van der Waals surface area contributed by atoms with E-state index in [1.54, 1.807) is 12.3 Å². The maximum absolute atomic E-state index is 13.2. The highest BCUT2D eigenvalue weighted by atomic mass is 32.2. The summed E-state index contributed by atoms with van der Waals surface area (Å²) in [5.74, 6) is -0.0322. The number of rotatable bonds is 5. The number of aromatic nitrogens is 1. The Morgan fingerprint density at radius 3 is 2.04 bits per heavy atom. The van der Waals surface area contributed by atoms with Crippen molar-refractivity contribution in [2.24, 2.45) is 0 Å². The summed E-state index contributed by atoms with van der Waals surface area (Å²) in [6, 6.07) is 3.55. The molecule has 0 unspecified atom stereocenters. The van der Waals surface area contributed by atoms with Gasteiger partial charge in [-0.25, -0.2) is 13.4 Å². The number of likely N-dealkylation sites (N-methyl/N-ethyl adjacent to an activating group) is 1. The summed E-state index contributed by atoms with van der Waals surface area (Å²) in [6.45, 7) is 11.1. The van der Waals surface area contributed by atoms with Crippen molar-refractivity contribution in [3.05, 3.63) is 51.7 Å². The monoisotopic (exact) mass is 389 g/mol. The first-order valence-corrected chi connectivity index (χ1v) is 10.2. The molecule has 1 aromatic heterocycles. The highest BCUT2D eigenvalue weighted by Crippen LogP contribution is 2.31. The number of sulfonamides is 1. The predicted molar refractivity (Wildman–Crippen MR) is 108 cm³/mol. The summed E-state index contributed by atoms with van der Waals surface area (Å²) in [4.78, 5) is 16.7. The molecule has 0 aliphatic heterocycles. The highest BCUT2D eigenvalue weighted by molar-refractivity contribution is 7.89. The number of nitrogens with zero attached hydrogens (tertiary/aromatic N) is 2. The van der Waals surface area contributed by atoms with E-state index in [-0.39, 0.29) is 11.4 Å². The van der Waals surface area contributed by atoms with E-state index in [0.29, 0.717) is 5.82 Å². The van der Waals surface area contributed by atoms with Gasteiger partial charge >= 0.3 is 0 Å². The third-order valence-electron chi connectivity index (χ3n) is 5.15. The molecule has 1 amide bonds. The van der Waals surface area contributed by atoms with Crippen molar-refractivity contribution >= 4 is 21.7 Å². The van der Waals surface area contributed by atoms with Crippen LogP contribution in [0.4, 0.5) is 5.82 Å². The van der Waals surface area contributed by atoms with E-state index in [9.17, 15) is 13.2 Å². The largest absolute Gasteiger partial charge is 0.310 e. The average Bonchev–Trinajstić information content (AvgIpc) is 2.58. The average molecular weight is 390 g/mol. The Balaban J connectivity index is 2.31. The number of hydrogen-bond donors (Lipinski definition) is 1. The number of anilines is 1. The van der Waals surface area contributed by atoms with Crippen LogP contribution in [0.15, 0.2) is 23.2 Å². The van der Waals surface area contributed by atoms with Crippen LogP contribution in [-0.4, -0.2) is 37.2 Å². The van der Waals surface area contributed by atoms with Gasteiger partial charge in [-0.3, -0.25) is 4.79 Å². The molecule has 0 saturated heterocycles. The van der Waals surface area contributed by atoms with Crippen LogP contribution >= 0.6 is 0 Å². The number of pyridine rings is 1. The molecule has 1 aromatic carbocycles. The van der Waals surface area contributed by atoms with E-state index in [1.165, 1.54) is 7.05 Å². The Kier molecular flexibility index (Phi) is 6.07. The lowest BCUT2D eigenvalue weighted by Gasteiger charge is -2.23. The van der Waals surface area contributed by atoms with Gasteiger partial charge in [-0.05, 0) is 87.1 Å². The van der Waals surface area contributed by atoms with Gasteiger partial charge in [-0.2, -0.15) is 4.31 Å². The van der Waals surface area contributed by atoms with Crippen LogP contribution in [0.25, 0.3) is 0 Å². The first-order valence-electron chi connectivity index (χ1n) is 8.72. The van der Waals surface area contributed by atoms with Crippen molar-refractivity contribution in [1.29, 1.82) is 0 Å². The fraction of sp³-hybridized carbons (Fsp3) is 0.400. The molecule has 2 aromatic rings. The van der Waals surface area contributed by atoms with Crippen molar-refractivity contribution in [3.63, 3.8) is 0 Å². The number of benzene rings is 1. The predicted octanol–water partition coefficient (Wildman–Crippen LogP) is 3.19. The van der Waals surface area contributed by atoms with Crippen LogP contribution in [0.1, 0.15) is 33.4 Å². The second kappa shape index (κ2) is 7.78. The normalized spacial score (nSPS) is 11.7. The van der Waals surface area contributed by atoms with Crippen molar-refractivity contribution in [2.45, 2.75) is 46.4 Å². The van der Waals surface area contributed by atoms with E-state index in [0.717, 1.165) is 37.7 Å². The zero-order chi connectivity index (χ0) is 20.5. The molecule has 0 aliphatic carbocycles. The van der Waals surface area contributed by atoms with Crippen molar-refractivity contribution in [3.8, 4) is 0 Å². The molecule has 27 heavy (non-hydrogen) atoms. The standard InChI is InChI=1S/C20H27N3O3S/c1-12-8-9-21-18(10-12)22-19(24)11-23(7)27(25,26)20-16(5)14(3)13(2)15(4)17(20)6/h8-10H,11H2,1-7H3,(H,21,22,24). The summed E-state index contributed by atoms with van der Waals surface area (Å²) in [6.07, 6.45) is 1.59. The maximum Gasteiger partial charge on any atom is 0.243 e. The van der Waals surface area contributed by atoms with Crippen LogP contribution in [-0.2, 0) is 14.8 Å². The lowest BCUT2D eigenvalue weighted by atomic mass is 9.95. The number of nitrogens with one attached hydrogen (secondary N) is 1. The summed E-state index contributed by atoms with van der Waals surface area (Å²) in [7, 11) is -2.39. The zero-order valence-corrected chi connectivity index (χ0v) is 17.8. The van der Waals surface area contributed by atoms with E-state index < -0.39 is 15.9 Å². The van der Waals surface area contributed by atoms with E-state index >= 15 is 0 Å². The van der Waals surface area contributed by atoms with E-state index in [2.05, 4.69) is 10.3 Å². The van der Waals surface area contributed by atoms with Crippen LogP contribution in [0, 0.1) is 41.5 Å². The third kappa shape index (κ3) is 4.20. The summed E-state index contributed by atoms with van der Waals surface area (Å²) < 4.78 is 27.4. The zero-order valence-electron chi connectivity index (χ0n) is 17.0. The minimum atomic E-state index is -3.81. The van der Waals surface area contributed by atoms with Crippen LogP contribution in [0.2, 0.25) is 0 Å². The SMILES string of the molecule is Cc1ccnc(NC(=O)CN(C)S(=O)(=O)c2c(C)c(C)c(C)c(C)c2C)c1. The van der Waals surface area contributed by atoms with Crippen molar-refractivity contribution < 1.29 is 13.2 Å². The Hall–Kier alpha value is -2.25. The minimum absolute atomic E-state index is 0.284. The molecule has 2 rings (SSSR count). The van der Waals surface area contributed by atoms with Gasteiger partial charge in [0.1, 0.15) is 5.82 Å². The molecule has 1 heterocycles. The van der Waals surface area contributed by atoms with Gasteiger partial charge in [-0.15, -0.1) is 0 Å². The van der Waals surface area contributed by atoms with Gasteiger partial charge in [0, 0.05) is 13.2 Å². The van der Waals surface area contributed by atoms with Gasteiger partial charge in [0.05, 0.1) is 11.4 Å². The number of carbonyl (C=O) groups excluding carboxylic acids is 1. The number of amides is 1. The number of hydrogen-bond acceptors (Lipinski definition) is 4. The topological polar surface area (TPSA) is 79.4 Å². The summed E-state index contributed by atoms with van der Waals surface area (Å²) >= 11 is 0. The lowest BCUT2D eigenvalue weighted by Crippen LogP contribution is -2.36. The van der Waals surface area contributed by atoms with E-state index in [4.69, 9.17) is 0 Å². The van der Waals surface area contributed by atoms with Crippen molar-refractivity contribution in [1.82, 2.24) is 9.29 Å². The second-order valence-corrected chi connectivity index (χ2v) is 8.96. The maximum atomic E-state index is 13.2. The second-order valence-electron chi connectivity index (χ2n) is 6.98. The Morgan fingerprint density at radius 2 is 1.52 bits per heavy atom. The number of carbonyl (C=O) groups is 1. The molecule has 0 bridgehead atoms. The molecular weight excluding hydrogens is 362 g/mol. The Labute approximate surface area is 161 Å². The molecule has 0 radical (unpaired) electrons. The Morgan fingerprint density at radius 1 is 1.00 bits per heavy atom. The fourth-order valence-electron chi connectivity index (χ4n) is 3.08. The first-order chi connectivity index (χ1) is 12.5. The minimum Gasteiger partial charge on any atom is -0.310 e. The quantitative estimate of drug-likeness (QED) is 0.852. The van der Waals surface area contributed by atoms with E-state index in [1.807, 2.05) is 47.6 Å². The molecule has 0 saturated carbocycles. The molecule has 0 fully saturated rings. The molecule has 1 N–H and O–H groups in total. The molecular formula is C20H27N3O3S. The Bertz CT molecular complexity index is 969. The summed E-state index contributed by atoms with van der Waals surface area (Å²) in [5, 5.41) is 2.64. The van der Waals surface area contributed by atoms with Crippen molar-refractivity contribution in [2.75, 3.05) is 18.9 Å². The molecule has 0 spiro atoms. The number of aryl methyl sites for hydroxylation is 1. The molecule has 6 nitrogen and oxygen atoms in total. The molecule has 0 aliphatic rings. The lowest BCUT2D eigenvalue weighted by molar-refractivity contribution is -0.116. The van der Waals surface area contributed by atoms with Gasteiger partial charge < -0.3 is 5.32 Å². The van der Waals surface area contributed by atoms with Crippen LogP contribution < -0.4 is 5.32 Å². The molecule has 0 atom stereocenters. The van der Waals surface area contributed by atoms with Gasteiger partial charge in [0.2, 0.25) is 15.9 Å². The van der Waals surface area contributed by atoms with Crippen LogP contribution in [0.3, 0.4) is 0 Å². The smallest absolute Gasteiger partial charge is 0.243 e. The fourth-order valence-corrected chi connectivity index (χ4v) is 4.76. The molecule has 7 heteroatoms. The van der Waals surface area contributed by atoms with Gasteiger partial charge in [-0.1, -0.05) is 0 Å². The third-order valence-corrected chi connectivity index (χ3v) is 7.23. The first kappa shape index (κ1) is 21.1.